The Kier molecular flexibility index (Phi) is 4.81. The molecule has 13 heavy (non-hydrogen) atoms. The maximum absolute atomic E-state index is 8.43. The molecule has 1 fully saturated rings. The van der Waals surface area contributed by atoms with Crippen LogP contribution in [0.3, 0.4) is 0 Å². The van der Waals surface area contributed by atoms with E-state index < -0.39 is 0 Å². The summed E-state index contributed by atoms with van der Waals surface area (Å²) in [5.74, 6) is 0. The second-order valence-corrected chi connectivity index (χ2v) is 3.40. The molecule has 3 nitrogen and oxygen atoms in total. The van der Waals surface area contributed by atoms with Crippen molar-refractivity contribution >= 4 is 0 Å². The van der Waals surface area contributed by atoms with Gasteiger partial charge in [-0.25, -0.2) is 0 Å². The summed E-state index contributed by atoms with van der Waals surface area (Å²) in [5, 5.41) is 8.43. The standard InChI is InChI=1S/C10H18N2O/c1-2-13-10-4-8-12(9-5-10)7-3-6-11/h10H,2-5,7-9H2,1H3. The first-order valence-electron chi connectivity index (χ1n) is 5.07. The third-order valence-corrected chi connectivity index (χ3v) is 2.48. The predicted molar refractivity (Wildman–Crippen MR) is 51.3 cm³/mol. The lowest BCUT2D eigenvalue weighted by atomic mass is 10.1. The number of hydrogen-bond donors (Lipinski definition) is 0. The lowest BCUT2D eigenvalue weighted by Gasteiger charge is -2.30. The zero-order chi connectivity index (χ0) is 9.52. The van der Waals surface area contributed by atoms with E-state index in [1.165, 1.54) is 0 Å². The van der Waals surface area contributed by atoms with Crippen LogP contribution in [0.1, 0.15) is 26.2 Å². The highest BCUT2D eigenvalue weighted by Crippen LogP contribution is 2.13. The summed E-state index contributed by atoms with van der Waals surface area (Å²) in [7, 11) is 0. The molecule has 1 heterocycles. The van der Waals surface area contributed by atoms with Crippen molar-refractivity contribution in [2.24, 2.45) is 0 Å². The Morgan fingerprint density at radius 3 is 2.69 bits per heavy atom. The highest BCUT2D eigenvalue weighted by molar-refractivity contribution is 4.77. The Morgan fingerprint density at radius 1 is 1.46 bits per heavy atom. The minimum atomic E-state index is 0.461. The van der Waals surface area contributed by atoms with Gasteiger partial charge < -0.3 is 9.64 Å². The summed E-state index contributed by atoms with van der Waals surface area (Å²) in [6.07, 6.45) is 3.36. The average Bonchev–Trinajstić information content (AvgIpc) is 2.17. The summed E-state index contributed by atoms with van der Waals surface area (Å²) in [6, 6.07) is 2.18. The number of likely N-dealkylation sites (tertiary alicyclic amines) is 1. The van der Waals surface area contributed by atoms with Gasteiger partial charge in [0.2, 0.25) is 0 Å². The third-order valence-electron chi connectivity index (χ3n) is 2.48. The van der Waals surface area contributed by atoms with Crippen molar-refractivity contribution in [3.8, 4) is 6.07 Å². The summed E-state index contributed by atoms with van der Waals surface area (Å²) in [4.78, 5) is 2.35. The van der Waals surface area contributed by atoms with Crippen molar-refractivity contribution in [2.75, 3.05) is 26.2 Å². The molecule has 1 aliphatic rings. The van der Waals surface area contributed by atoms with Gasteiger partial charge in [0.1, 0.15) is 0 Å². The Morgan fingerprint density at radius 2 is 2.15 bits per heavy atom. The number of hydrogen-bond acceptors (Lipinski definition) is 3. The molecule has 0 unspecified atom stereocenters. The van der Waals surface area contributed by atoms with Gasteiger partial charge in [-0.1, -0.05) is 0 Å². The molecule has 0 atom stereocenters. The van der Waals surface area contributed by atoms with Crippen LogP contribution in [-0.2, 0) is 4.74 Å². The molecular weight excluding hydrogens is 164 g/mol. The van der Waals surface area contributed by atoms with E-state index in [0.29, 0.717) is 12.5 Å². The molecule has 0 spiro atoms. The molecule has 0 bridgehead atoms. The van der Waals surface area contributed by atoms with E-state index in [1.54, 1.807) is 0 Å². The van der Waals surface area contributed by atoms with Crippen LogP contribution in [0.5, 0.6) is 0 Å². The lowest BCUT2D eigenvalue weighted by Crippen LogP contribution is -2.37. The second-order valence-electron chi connectivity index (χ2n) is 3.40. The maximum atomic E-state index is 8.43. The van der Waals surface area contributed by atoms with Crippen LogP contribution < -0.4 is 0 Å². The van der Waals surface area contributed by atoms with E-state index in [4.69, 9.17) is 10.00 Å². The van der Waals surface area contributed by atoms with Crippen molar-refractivity contribution in [1.82, 2.24) is 4.90 Å². The van der Waals surface area contributed by atoms with Gasteiger partial charge in [-0.05, 0) is 19.8 Å². The summed E-state index contributed by atoms with van der Waals surface area (Å²) < 4.78 is 5.54. The van der Waals surface area contributed by atoms with Gasteiger partial charge in [-0.2, -0.15) is 5.26 Å². The number of nitrogens with zero attached hydrogens (tertiary/aromatic N) is 2. The van der Waals surface area contributed by atoms with Crippen molar-refractivity contribution in [3.05, 3.63) is 0 Å². The zero-order valence-electron chi connectivity index (χ0n) is 8.33. The van der Waals surface area contributed by atoms with Gasteiger partial charge in [0.25, 0.3) is 0 Å². The SMILES string of the molecule is CCOC1CCN(CCC#N)CC1. The van der Waals surface area contributed by atoms with Gasteiger partial charge in [0, 0.05) is 32.7 Å². The minimum Gasteiger partial charge on any atom is -0.378 e. The molecule has 1 saturated heterocycles. The lowest BCUT2D eigenvalue weighted by molar-refractivity contribution is 0.0148. The first-order valence-corrected chi connectivity index (χ1v) is 5.07. The largest absolute Gasteiger partial charge is 0.378 e. The van der Waals surface area contributed by atoms with Gasteiger partial charge >= 0.3 is 0 Å². The van der Waals surface area contributed by atoms with E-state index in [1.807, 2.05) is 6.92 Å². The van der Waals surface area contributed by atoms with Crippen molar-refractivity contribution in [3.63, 3.8) is 0 Å². The molecule has 0 saturated carbocycles. The summed E-state index contributed by atoms with van der Waals surface area (Å²) >= 11 is 0. The summed E-state index contributed by atoms with van der Waals surface area (Å²) in [5.41, 5.74) is 0. The molecule has 0 aromatic heterocycles. The fourth-order valence-corrected chi connectivity index (χ4v) is 1.74. The number of ether oxygens (including phenoxy) is 1. The molecule has 3 heteroatoms. The second kappa shape index (κ2) is 5.95. The number of nitriles is 1. The van der Waals surface area contributed by atoms with Crippen LogP contribution in [-0.4, -0.2) is 37.2 Å². The quantitative estimate of drug-likeness (QED) is 0.659. The van der Waals surface area contributed by atoms with Crippen LogP contribution in [0, 0.1) is 11.3 Å². The smallest absolute Gasteiger partial charge is 0.0635 e. The normalized spacial score (nSPS) is 20.0. The average molecular weight is 182 g/mol. The van der Waals surface area contributed by atoms with E-state index in [9.17, 15) is 0 Å². The van der Waals surface area contributed by atoms with E-state index in [2.05, 4.69) is 11.0 Å². The van der Waals surface area contributed by atoms with Crippen LogP contribution in [0.25, 0.3) is 0 Å². The first kappa shape index (κ1) is 10.5. The zero-order valence-corrected chi connectivity index (χ0v) is 8.33. The molecule has 0 aromatic carbocycles. The van der Waals surface area contributed by atoms with Crippen molar-refractivity contribution < 1.29 is 4.74 Å². The van der Waals surface area contributed by atoms with Gasteiger partial charge in [-0.3, -0.25) is 0 Å². The Bertz CT molecular complexity index is 168. The highest BCUT2D eigenvalue weighted by atomic mass is 16.5. The summed E-state index contributed by atoms with van der Waals surface area (Å²) in [6.45, 7) is 5.97. The molecule has 0 radical (unpaired) electrons. The predicted octanol–water partition coefficient (Wildman–Crippen LogP) is 1.40. The fraction of sp³-hybridized carbons (Fsp3) is 0.900. The Balaban J connectivity index is 2.12. The Labute approximate surface area is 80.3 Å². The monoisotopic (exact) mass is 182 g/mol. The van der Waals surface area contributed by atoms with Crippen LogP contribution >= 0.6 is 0 Å². The topological polar surface area (TPSA) is 36.3 Å². The fourth-order valence-electron chi connectivity index (χ4n) is 1.74. The van der Waals surface area contributed by atoms with Gasteiger partial charge in [-0.15, -0.1) is 0 Å². The molecule has 0 aromatic rings. The molecule has 1 aliphatic heterocycles. The Hall–Kier alpha value is -0.590. The van der Waals surface area contributed by atoms with Gasteiger partial charge in [0.05, 0.1) is 12.2 Å². The molecule has 0 aliphatic carbocycles. The first-order chi connectivity index (χ1) is 6.36. The van der Waals surface area contributed by atoms with E-state index >= 15 is 0 Å². The number of piperidine rings is 1. The van der Waals surface area contributed by atoms with Crippen LogP contribution in [0.15, 0.2) is 0 Å². The molecular formula is C10H18N2O. The van der Waals surface area contributed by atoms with Gasteiger partial charge in [0.15, 0.2) is 0 Å². The molecule has 0 N–H and O–H groups in total. The van der Waals surface area contributed by atoms with Crippen LogP contribution in [0.4, 0.5) is 0 Å². The molecule has 1 rings (SSSR count). The third kappa shape index (κ3) is 3.75. The molecule has 0 amide bonds. The molecule has 74 valence electrons. The van der Waals surface area contributed by atoms with Crippen molar-refractivity contribution in [2.45, 2.75) is 32.3 Å². The van der Waals surface area contributed by atoms with E-state index in [0.717, 1.165) is 39.1 Å². The minimum absolute atomic E-state index is 0.461. The van der Waals surface area contributed by atoms with Crippen molar-refractivity contribution in [1.29, 1.82) is 5.26 Å². The maximum Gasteiger partial charge on any atom is 0.0635 e. The number of rotatable bonds is 4. The highest BCUT2D eigenvalue weighted by Gasteiger charge is 2.18. The van der Waals surface area contributed by atoms with E-state index in [-0.39, 0.29) is 0 Å². The van der Waals surface area contributed by atoms with Crippen LogP contribution in [0.2, 0.25) is 0 Å².